The van der Waals surface area contributed by atoms with E-state index in [1.165, 1.54) is 0 Å². The normalized spacial score (nSPS) is 17.8. The first kappa shape index (κ1) is 33.2. The van der Waals surface area contributed by atoms with Gasteiger partial charge in [-0.3, -0.25) is 9.78 Å². The Balaban J connectivity index is 1.82. The molecule has 3 atom stereocenters. The van der Waals surface area contributed by atoms with Gasteiger partial charge in [-0.15, -0.1) is 0 Å². The van der Waals surface area contributed by atoms with Crippen molar-refractivity contribution in [2.45, 2.75) is 93.0 Å². The summed E-state index contributed by atoms with van der Waals surface area (Å²) in [6, 6.07) is 17.6. The maximum Gasteiger partial charge on any atom is 0.340 e. The number of anilines is 2. The van der Waals surface area contributed by atoms with E-state index in [4.69, 9.17) is 14.5 Å². The van der Waals surface area contributed by atoms with Crippen LogP contribution in [0.3, 0.4) is 0 Å². The summed E-state index contributed by atoms with van der Waals surface area (Å²) in [5.41, 5.74) is 6.39. The van der Waals surface area contributed by atoms with Crippen molar-refractivity contribution in [3.63, 3.8) is 0 Å². The summed E-state index contributed by atoms with van der Waals surface area (Å²) in [4.78, 5) is 33.9. The number of benzene rings is 2. The first-order valence-corrected chi connectivity index (χ1v) is 15.8. The number of rotatable bonds is 9. The average molecular weight is 600 g/mol. The van der Waals surface area contributed by atoms with Crippen LogP contribution in [0.2, 0.25) is 0 Å². The van der Waals surface area contributed by atoms with Crippen LogP contribution < -0.4 is 10.2 Å². The van der Waals surface area contributed by atoms with Gasteiger partial charge in [0.15, 0.2) is 6.10 Å². The van der Waals surface area contributed by atoms with E-state index in [0.29, 0.717) is 18.3 Å². The molecular weight excluding hydrogens is 550 g/mol. The molecule has 0 spiro atoms. The number of hydrogen-bond donors (Lipinski definition) is 1. The Hall–Kier alpha value is -3.71. The Morgan fingerprint density at radius 2 is 1.57 bits per heavy atom. The molecule has 1 aromatic heterocycles. The highest BCUT2D eigenvalue weighted by molar-refractivity contribution is 5.93. The average Bonchev–Trinajstić information content (AvgIpc) is 2.91. The fourth-order valence-electron chi connectivity index (χ4n) is 6.26. The number of carbonyl (C=O) groups excluding carboxylic acids is 2. The maximum absolute atomic E-state index is 13.7. The zero-order valence-corrected chi connectivity index (χ0v) is 27.9. The minimum Gasteiger partial charge on any atom is -0.461 e. The van der Waals surface area contributed by atoms with E-state index < -0.39 is 17.7 Å². The summed E-state index contributed by atoms with van der Waals surface area (Å²) in [5.74, 6) is 0.493. The first-order valence-electron chi connectivity index (χ1n) is 15.8. The molecule has 236 valence electrons. The van der Waals surface area contributed by atoms with E-state index in [-0.39, 0.29) is 12.0 Å². The van der Waals surface area contributed by atoms with Crippen molar-refractivity contribution < 1.29 is 19.1 Å². The molecule has 1 saturated heterocycles. The molecule has 2 heterocycles. The van der Waals surface area contributed by atoms with E-state index in [0.717, 1.165) is 64.5 Å². The lowest BCUT2D eigenvalue weighted by Crippen LogP contribution is -2.41. The van der Waals surface area contributed by atoms with Gasteiger partial charge >= 0.3 is 5.97 Å². The van der Waals surface area contributed by atoms with E-state index in [9.17, 15) is 9.59 Å². The summed E-state index contributed by atoms with van der Waals surface area (Å²) in [6.45, 7) is 19.8. The van der Waals surface area contributed by atoms with Crippen molar-refractivity contribution in [2.24, 2.45) is 11.8 Å². The SMILES string of the molecule is Cc1nc(C)c(C(OC(C)(C)C)C(=O)OC(C)C)c(N2CC(C)CC(C)C2)c1-c1ccc(NC(=O)Cc2ccccc2)cc1. The first-order chi connectivity index (χ1) is 20.7. The fraction of sp³-hybridized carbons (Fsp3) is 0.486. The summed E-state index contributed by atoms with van der Waals surface area (Å²) < 4.78 is 12.3. The molecule has 7 heteroatoms. The highest BCUT2D eigenvalue weighted by Crippen LogP contribution is 2.44. The molecule has 0 radical (unpaired) electrons. The number of carbonyl (C=O) groups is 2. The molecule has 2 aromatic carbocycles. The molecule has 4 rings (SSSR count). The highest BCUT2D eigenvalue weighted by Gasteiger charge is 2.37. The standard InChI is InChI=1S/C37H49N3O4/c1-23(2)43-36(42)35(44-37(7,8)9)33-27(6)38-26(5)32(34(33)40-21-24(3)19-25(4)22-40)29-15-17-30(18-16-29)39-31(41)20-28-13-11-10-12-14-28/h10-18,23-25,35H,19-22H2,1-9H3,(H,39,41). The topological polar surface area (TPSA) is 80.8 Å². The molecule has 1 fully saturated rings. The molecular formula is C37H49N3O4. The lowest BCUT2D eigenvalue weighted by Gasteiger charge is -2.40. The van der Waals surface area contributed by atoms with E-state index >= 15 is 0 Å². The third kappa shape index (κ3) is 8.47. The second-order valence-electron chi connectivity index (χ2n) is 13.7. The van der Waals surface area contributed by atoms with Crippen molar-refractivity contribution in [3.8, 4) is 11.1 Å². The molecule has 1 aliphatic heterocycles. The lowest BCUT2D eigenvalue weighted by atomic mass is 9.88. The van der Waals surface area contributed by atoms with Crippen LogP contribution in [0.25, 0.3) is 11.1 Å². The van der Waals surface area contributed by atoms with Gasteiger partial charge < -0.3 is 19.7 Å². The molecule has 0 saturated carbocycles. The lowest BCUT2D eigenvalue weighted by molar-refractivity contribution is -0.171. The zero-order valence-electron chi connectivity index (χ0n) is 27.9. The van der Waals surface area contributed by atoms with Gasteiger partial charge in [-0.1, -0.05) is 56.3 Å². The van der Waals surface area contributed by atoms with Crippen LogP contribution in [0, 0.1) is 25.7 Å². The molecule has 1 N–H and O–H groups in total. The third-order valence-electron chi connectivity index (χ3n) is 7.73. The number of piperidine rings is 1. The van der Waals surface area contributed by atoms with Gasteiger partial charge in [-0.2, -0.15) is 0 Å². The van der Waals surface area contributed by atoms with E-state index in [2.05, 4.69) is 24.1 Å². The Labute approximate surface area is 263 Å². The van der Waals surface area contributed by atoms with Crippen molar-refractivity contribution >= 4 is 23.3 Å². The predicted molar refractivity (Wildman–Crippen MR) is 178 cm³/mol. The van der Waals surface area contributed by atoms with Crippen LogP contribution in [-0.2, 0) is 25.5 Å². The Morgan fingerprint density at radius 1 is 0.955 bits per heavy atom. The van der Waals surface area contributed by atoms with E-state index in [1.807, 2.05) is 103 Å². The molecule has 44 heavy (non-hydrogen) atoms. The third-order valence-corrected chi connectivity index (χ3v) is 7.73. The number of aryl methyl sites for hydroxylation is 2. The van der Waals surface area contributed by atoms with Gasteiger partial charge in [-0.05, 0) is 90.0 Å². The largest absolute Gasteiger partial charge is 0.461 e. The van der Waals surface area contributed by atoms with Crippen LogP contribution in [0.5, 0.6) is 0 Å². The second kappa shape index (κ2) is 13.9. The molecule has 3 aromatic rings. The van der Waals surface area contributed by atoms with Crippen molar-refractivity contribution in [2.75, 3.05) is 23.3 Å². The quantitative estimate of drug-likeness (QED) is 0.253. The molecule has 3 unspecified atom stereocenters. The number of hydrogen-bond acceptors (Lipinski definition) is 6. The van der Waals surface area contributed by atoms with Crippen LogP contribution in [-0.4, -0.2) is 41.7 Å². The number of nitrogens with one attached hydrogen (secondary N) is 1. The number of ether oxygens (including phenoxy) is 2. The Kier molecular flexibility index (Phi) is 10.5. The smallest absolute Gasteiger partial charge is 0.340 e. The van der Waals surface area contributed by atoms with Crippen LogP contribution in [0.1, 0.15) is 83.5 Å². The number of esters is 1. The number of pyridine rings is 1. The van der Waals surface area contributed by atoms with Gasteiger partial charge in [0.05, 0.1) is 23.8 Å². The summed E-state index contributed by atoms with van der Waals surface area (Å²) >= 11 is 0. The van der Waals surface area contributed by atoms with Gasteiger partial charge in [-0.25, -0.2) is 4.79 Å². The number of nitrogens with zero attached hydrogens (tertiary/aromatic N) is 2. The Morgan fingerprint density at radius 3 is 2.14 bits per heavy atom. The molecule has 7 nitrogen and oxygen atoms in total. The number of aromatic nitrogens is 1. The van der Waals surface area contributed by atoms with Crippen LogP contribution in [0.4, 0.5) is 11.4 Å². The van der Waals surface area contributed by atoms with E-state index in [1.54, 1.807) is 0 Å². The second-order valence-corrected chi connectivity index (χ2v) is 13.7. The zero-order chi connectivity index (χ0) is 32.2. The highest BCUT2D eigenvalue weighted by atomic mass is 16.6. The van der Waals surface area contributed by atoms with Crippen molar-refractivity contribution in [1.29, 1.82) is 0 Å². The molecule has 0 bridgehead atoms. The Bertz CT molecular complexity index is 1430. The molecule has 1 aliphatic rings. The molecule has 0 aliphatic carbocycles. The summed E-state index contributed by atoms with van der Waals surface area (Å²) in [5, 5.41) is 3.02. The van der Waals surface area contributed by atoms with Crippen LogP contribution in [0.15, 0.2) is 54.6 Å². The summed E-state index contributed by atoms with van der Waals surface area (Å²) in [7, 11) is 0. The summed E-state index contributed by atoms with van der Waals surface area (Å²) in [6.07, 6.45) is 0.237. The number of amides is 1. The minimum atomic E-state index is -0.941. The predicted octanol–water partition coefficient (Wildman–Crippen LogP) is 7.84. The van der Waals surface area contributed by atoms with Crippen molar-refractivity contribution in [3.05, 3.63) is 77.1 Å². The fourth-order valence-corrected chi connectivity index (χ4v) is 6.26. The van der Waals surface area contributed by atoms with Crippen LogP contribution >= 0.6 is 0 Å². The van der Waals surface area contributed by atoms with Gasteiger partial charge in [0.25, 0.3) is 0 Å². The monoisotopic (exact) mass is 599 g/mol. The van der Waals surface area contributed by atoms with Gasteiger partial charge in [0.2, 0.25) is 5.91 Å². The minimum absolute atomic E-state index is 0.0674. The van der Waals surface area contributed by atoms with Gasteiger partial charge in [0, 0.05) is 41.3 Å². The van der Waals surface area contributed by atoms with Gasteiger partial charge in [0.1, 0.15) is 0 Å². The van der Waals surface area contributed by atoms with Crippen molar-refractivity contribution in [1.82, 2.24) is 4.98 Å². The maximum atomic E-state index is 13.7. The molecule has 1 amide bonds.